The third-order valence-corrected chi connectivity index (χ3v) is 3.65. The molecule has 0 aromatic heterocycles. The van der Waals surface area contributed by atoms with E-state index in [2.05, 4.69) is 5.32 Å². The Morgan fingerprint density at radius 1 is 1.58 bits per heavy atom. The van der Waals surface area contributed by atoms with Crippen LogP contribution in [0.5, 0.6) is 0 Å². The number of nitrogens with one attached hydrogen (secondary N) is 1. The maximum Gasteiger partial charge on any atom is 0.237 e. The van der Waals surface area contributed by atoms with Crippen LogP contribution in [0.25, 0.3) is 0 Å². The van der Waals surface area contributed by atoms with Gasteiger partial charge in [-0.2, -0.15) is 0 Å². The number of rotatable bonds is 9. The van der Waals surface area contributed by atoms with Gasteiger partial charge < -0.3 is 20.5 Å². The molecule has 5 nitrogen and oxygen atoms in total. The zero-order valence-corrected chi connectivity index (χ0v) is 12.2. The van der Waals surface area contributed by atoms with Crippen LogP contribution in [0.4, 0.5) is 0 Å². The topological polar surface area (TPSA) is 73.6 Å². The highest BCUT2D eigenvalue weighted by Crippen LogP contribution is 2.11. The lowest BCUT2D eigenvalue weighted by Crippen LogP contribution is -2.45. The number of nitrogens with two attached hydrogens (primary N) is 1. The van der Waals surface area contributed by atoms with E-state index >= 15 is 0 Å². The normalized spacial score (nSPS) is 22.2. The lowest BCUT2D eigenvalue weighted by Gasteiger charge is -2.17. The Morgan fingerprint density at radius 2 is 2.37 bits per heavy atom. The summed E-state index contributed by atoms with van der Waals surface area (Å²) in [6, 6.07) is -0.405. The van der Waals surface area contributed by atoms with Gasteiger partial charge in [0.25, 0.3) is 0 Å². The fraction of sp³-hybridized carbons (Fsp3) is 0.929. The lowest BCUT2D eigenvalue weighted by molar-refractivity contribution is -0.123. The predicted octanol–water partition coefficient (Wildman–Crippen LogP) is 1.06. The number of carbonyl (C=O) groups is 1. The Balaban J connectivity index is 1.96. The summed E-state index contributed by atoms with van der Waals surface area (Å²) in [4.78, 5) is 11.7. The van der Waals surface area contributed by atoms with E-state index in [0.29, 0.717) is 19.8 Å². The van der Waals surface area contributed by atoms with Crippen LogP contribution in [0.15, 0.2) is 0 Å². The Kier molecular flexibility index (Phi) is 8.02. The van der Waals surface area contributed by atoms with Crippen molar-refractivity contribution in [3.63, 3.8) is 0 Å². The van der Waals surface area contributed by atoms with Crippen molar-refractivity contribution < 1.29 is 14.3 Å². The molecular formula is C14H28N2O3. The van der Waals surface area contributed by atoms with Crippen molar-refractivity contribution in [3.8, 4) is 0 Å². The SMILES string of the molecule is CCC(C)[C@H](N)C(=O)NCCCOCC1CCCO1. The van der Waals surface area contributed by atoms with E-state index in [1.54, 1.807) is 0 Å². The molecule has 5 heteroatoms. The summed E-state index contributed by atoms with van der Waals surface area (Å²) in [5.41, 5.74) is 5.84. The minimum absolute atomic E-state index is 0.0616. The maximum atomic E-state index is 11.7. The standard InChI is InChI=1S/C14H28N2O3/c1-3-11(2)13(15)14(17)16-7-5-8-18-10-12-6-4-9-19-12/h11-13H,3-10,15H2,1-2H3,(H,16,17)/t11?,12?,13-/m0/s1. The van der Waals surface area contributed by atoms with E-state index in [4.69, 9.17) is 15.2 Å². The number of ether oxygens (including phenoxy) is 2. The second kappa shape index (κ2) is 9.28. The predicted molar refractivity (Wildman–Crippen MR) is 74.9 cm³/mol. The lowest BCUT2D eigenvalue weighted by atomic mass is 9.99. The molecule has 2 unspecified atom stereocenters. The average Bonchev–Trinajstić information content (AvgIpc) is 2.93. The monoisotopic (exact) mass is 272 g/mol. The molecule has 1 aliphatic heterocycles. The van der Waals surface area contributed by atoms with Gasteiger partial charge in [0.2, 0.25) is 5.91 Å². The first-order chi connectivity index (χ1) is 9.15. The number of amides is 1. The largest absolute Gasteiger partial charge is 0.379 e. The van der Waals surface area contributed by atoms with E-state index in [-0.39, 0.29) is 17.9 Å². The van der Waals surface area contributed by atoms with E-state index in [9.17, 15) is 4.79 Å². The molecule has 0 bridgehead atoms. The zero-order valence-electron chi connectivity index (χ0n) is 12.2. The Morgan fingerprint density at radius 3 is 3.00 bits per heavy atom. The summed E-state index contributed by atoms with van der Waals surface area (Å²) in [6.45, 7) is 6.83. The summed E-state index contributed by atoms with van der Waals surface area (Å²) in [7, 11) is 0. The molecule has 0 spiro atoms. The number of hydrogen-bond donors (Lipinski definition) is 2. The highest BCUT2D eigenvalue weighted by Gasteiger charge is 2.18. The molecule has 0 aromatic rings. The Labute approximate surface area is 116 Å². The molecule has 19 heavy (non-hydrogen) atoms. The van der Waals surface area contributed by atoms with Crippen molar-refractivity contribution >= 4 is 5.91 Å². The van der Waals surface area contributed by atoms with Crippen molar-refractivity contribution in [1.29, 1.82) is 0 Å². The minimum atomic E-state index is -0.405. The smallest absolute Gasteiger partial charge is 0.237 e. The zero-order chi connectivity index (χ0) is 14.1. The van der Waals surface area contributed by atoms with E-state index < -0.39 is 6.04 Å². The third-order valence-electron chi connectivity index (χ3n) is 3.65. The molecule has 1 rings (SSSR count). The first kappa shape index (κ1) is 16.4. The van der Waals surface area contributed by atoms with Crippen LogP contribution in [0.3, 0.4) is 0 Å². The van der Waals surface area contributed by atoms with Gasteiger partial charge in [-0.05, 0) is 25.2 Å². The van der Waals surface area contributed by atoms with Gasteiger partial charge in [0.15, 0.2) is 0 Å². The summed E-state index contributed by atoms with van der Waals surface area (Å²) in [5, 5.41) is 2.85. The van der Waals surface area contributed by atoms with Gasteiger partial charge in [-0.15, -0.1) is 0 Å². The summed E-state index contributed by atoms with van der Waals surface area (Å²) < 4.78 is 11.0. The first-order valence-electron chi connectivity index (χ1n) is 7.37. The summed E-state index contributed by atoms with van der Waals surface area (Å²) in [5.74, 6) is 0.157. The van der Waals surface area contributed by atoms with Gasteiger partial charge in [-0.25, -0.2) is 0 Å². The van der Waals surface area contributed by atoms with Crippen LogP contribution in [0, 0.1) is 5.92 Å². The van der Waals surface area contributed by atoms with Gasteiger partial charge in [-0.1, -0.05) is 20.3 Å². The van der Waals surface area contributed by atoms with Crippen molar-refractivity contribution in [3.05, 3.63) is 0 Å². The van der Waals surface area contributed by atoms with Crippen LogP contribution >= 0.6 is 0 Å². The van der Waals surface area contributed by atoms with Crippen molar-refractivity contribution in [2.45, 2.75) is 51.7 Å². The Hall–Kier alpha value is -0.650. The highest BCUT2D eigenvalue weighted by molar-refractivity contribution is 5.81. The van der Waals surface area contributed by atoms with Crippen LogP contribution in [0.1, 0.15) is 39.5 Å². The second-order valence-corrected chi connectivity index (χ2v) is 5.27. The van der Waals surface area contributed by atoms with Crippen molar-refractivity contribution in [2.75, 3.05) is 26.4 Å². The number of hydrogen-bond acceptors (Lipinski definition) is 4. The minimum Gasteiger partial charge on any atom is -0.379 e. The van der Waals surface area contributed by atoms with Gasteiger partial charge >= 0.3 is 0 Å². The summed E-state index contributed by atoms with van der Waals surface area (Å²) >= 11 is 0. The van der Waals surface area contributed by atoms with Crippen LogP contribution in [-0.4, -0.2) is 44.4 Å². The molecule has 1 saturated heterocycles. The highest BCUT2D eigenvalue weighted by atomic mass is 16.5. The molecule has 1 heterocycles. The molecule has 3 atom stereocenters. The second-order valence-electron chi connectivity index (χ2n) is 5.27. The molecule has 0 aromatic carbocycles. The van der Waals surface area contributed by atoms with E-state index in [1.807, 2.05) is 13.8 Å². The molecular weight excluding hydrogens is 244 g/mol. The Bertz CT molecular complexity index is 255. The molecule has 1 fully saturated rings. The average molecular weight is 272 g/mol. The molecule has 1 amide bonds. The molecule has 0 radical (unpaired) electrons. The van der Waals surface area contributed by atoms with Crippen LogP contribution in [-0.2, 0) is 14.3 Å². The maximum absolute atomic E-state index is 11.7. The third kappa shape index (κ3) is 6.36. The van der Waals surface area contributed by atoms with Gasteiger partial charge in [-0.3, -0.25) is 4.79 Å². The van der Waals surface area contributed by atoms with Crippen LogP contribution < -0.4 is 11.1 Å². The van der Waals surface area contributed by atoms with E-state index in [1.165, 1.54) is 0 Å². The molecule has 0 aliphatic carbocycles. The molecule has 3 N–H and O–H groups in total. The molecule has 1 aliphatic rings. The van der Waals surface area contributed by atoms with Gasteiger partial charge in [0.1, 0.15) is 0 Å². The number of carbonyl (C=O) groups excluding carboxylic acids is 1. The van der Waals surface area contributed by atoms with Crippen molar-refractivity contribution in [2.24, 2.45) is 11.7 Å². The van der Waals surface area contributed by atoms with Gasteiger partial charge in [0, 0.05) is 19.8 Å². The first-order valence-corrected chi connectivity index (χ1v) is 7.37. The quantitative estimate of drug-likeness (QED) is 0.616. The van der Waals surface area contributed by atoms with E-state index in [0.717, 1.165) is 32.3 Å². The molecule has 0 saturated carbocycles. The van der Waals surface area contributed by atoms with Crippen molar-refractivity contribution in [1.82, 2.24) is 5.32 Å². The van der Waals surface area contributed by atoms with Crippen LogP contribution in [0.2, 0.25) is 0 Å². The molecule has 112 valence electrons. The fourth-order valence-electron chi connectivity index (χ4n) is 2.01. The fourth-order valence-corrected chi connectivity index (χ4v) is 2.01. The van der Waals surface area contributed by atoms with Gasteiger partial charge in [0.05, 0.1) is 18.8 Å². The summed E-state index contributed by atoms with van der Waals surface area (Å²) in [6.07, 6.45) is 4.23.